The van der Waals surface area contributed by atoms with E-state index in [0.717, 1.165) is 66.5 Å². The van der Waals surface area contributed by atoms with Crippen LogP contribution in [-0.4, -0.2) is 4.57 Å². The first kappa shape index (κ1) is 26.1. The number of nitriles is 1. The molecule has 2 aromatic heterocycles. The third-order valence-corrected chi connectivity index (χ3v) is 8.98. The average Bonchev–Trinajstić information content (AvgIpc) is 3.67. The lowest BCUT2D eigenvalue weighted by Gasteiger charge is -2.13. The van der Waals surface area contributed by atoms with E-state index in [1.54, 1.807) is 0 Å². The Balaban J connectivity index is 1.31. The molecule has 2 heterocycles. The molecule has 9 aromatic rings. The van der Waals surface area contributed by atoms with Gasteiger partial charge in [-0.1, -0.05) is 103 Å². The molecule has 0 aliphatic carbocycles. The lowest BCUT2D eigenvalue weighted by molar-refractivity contribution is 0.670. The Morgan fingerprint density at radius 3 is 1.85 bits per heavy atom. The molecule has 0 unspecified atom stereocenters. The van der Waals surface area contributed by atoms with Crippen molar-refractivity contribution in [1.29, 1.82) is 5.26 Å². The van der Waals surface area contributed by atoms with Gasteiger partial charge in [-0.15, -0.1) is 0 Å². The van der Waals surface area contributed by atoms with E-state index in [9.17, 15) is 5.26 Å². The molecule has 0 bridgehead atoms. The van der Waals surface area contributed by atoms with Crippen LogP contribution in [0.1, 0.15) is 5.56 Å². The molecule has 0 spiro atoms. The van der Waals surface area contributed by atoms with Crippen molar-refractivity contribution in [3.63, 3.8) is 0 Å². The molecule has 0 saturated carbocycles. The fourth-order valence-electron chi connectivity index (χ4n) is 6.88. The Hall–Kier alpha value is -6.37. The highest BCUT2D eigenvalue weighted by atomic mass is 16.3. The Morgan fingerprint density at radius 1 is 0.457 bits per heavy atom. The van der Waals surface area contributed by atoms with Gasteiger partial charge in [0.05, 0.1) is 22.7 Å². The molecule has 0 N–H and O–H groups in total. The van der Waals surface area contributed by atoms with Gasteiger partial charge in [0.2, 0.25) is 0 Å². The van der Waals surface area contributed by atoms with Gasteiger partial charge in [-0.25, -0.2) is 0 Å². The van der Waals surface area contributed by atoms with Gasteiger partial charge in [-0.3, -0.25) is 0 Å². The Labute approximate surface area is 265 Å². The standard InChI is InChI=1S/C43H26N2O/c44-27-28-21-32(24-34(22-28)45-40-18-7-4-15-35(40)36-16-5-8-19-41(36)45)33-25-38(43-39(26-33)37-17-6-9-20-42(37)46-43)31-14-10-13-30(23-31)29-11-2-1-3-12-29/h1-26H. The molecule has 0 radical (unpaired) electrons. The van der Waals surface area contributed by atoms with E-state index in [4.69, 9.17) is 4.42 Å². The van der Waals surface area contributed by atoms with Crippen molar-refractivity contribution in [3.8, 4) is 45.1 Å². The third-order valence-electron chi connectivity index (χ3n) is 8.98. The number of benzene rings is 7. The van der Waals surface area contributed by atoms with Crippen molar-refractivity contribution in [3.05, 3.63) is 163 Å². The SMILES string of the molecule is N#Cc1cc(-c2cc(-c3cccc(-c4ccccc4)c3)c3oc4ccccc4c3c2)cc(-n2c3ccccc3c3ccccc32)c1. The molecule has 3 heteroatoms. The van der Waals surface area contributed by atoms with E-state index in [1.807, 2.05) is 30.3 Å². The van der Waals surface area contributed by atoms with Gasteiger partial charge < -0.3 is 8.98 Å². The second kappa shape index (κ2) is 10.4. The molecule has 0 fully saturated rings. The number of para-hydroxylation sites is 3. The normalized spacial score (nSPS) is 11.5. The van der Waals surface area contributed by atoms with E-state index in [-0.39, 0.29) is 0 Å². The second-order valence-corrected chi connectivity index (χ2v) is 11.7. The summed E-state index contributed by atoms with van der Waals surface area (Å²) in [5.41, 5.74) is 11.9. The second-order valence-electron chi connectivity index (χ2n) is 11.7. The summed E-state index contributed by atoms with van der Waals surface area (Å²) in [6.45, 7) is 0. The van der Waals surface area contributed by atoms with Crippen LogP contribution in [0.25, 0.3) is 82.8 Å². The first-order chi connectivity index (χ1) is 22.7. The van der Waals surface area contributed by atoms with Crippen molar-refractivity contribution < 1.29 is 4.42 Å². The molecule has 46 heavy (non-hydrogen) atoms. The minimum atomic E-state index is 0.610. The zero-order valence-corrected chi connectivity index (χ0v) is 24.8. The number of furan rings is 1. The Bertz CT molecular complexity index is 2600. The summed E-state index contributed by atoms with van der Waals surface area (Å²) in [4.78, 5) is 0. The number of fused-ring (bicyclic) bond motifs is 6. The topological polar surface area (TPSA) is 41.9 Å². The van der Waals surface area contributed by atoms with Crippen molar-refractivity contribution in [2.75, 3.05) is 0 Å². The van der Waals surface area contributed by atoms with Crippen LogP contribution >= 0.6 is 0 Å². The van der Waals surface area contributed by atoms with Crippen LogP contribution in [-0.2, 0) is 0 Å². The van der Waals surface area contributed by atoms with Crippen molar-refractivity contribution in [2.45, 2.75) is 0 Å². The van der Waals surface area contributed by atoms with Crippen LogP contribution in [0.4, 0.5) is 0 Å². The lowest BCUT2D eigenvalue weighted by atomic mass is 9.93. The predicted octanol–water partition coefficient (Wildman–Crippen LogP) is 11.6. The van der Waals surface area contributed by atoms with E-state index >= 15 is 0 Å². The van der Waals surface area contributed by atoms with Crippen molar-refractivity contribution in [2.24, 2.45) is 0 Å². The maximum absolute atomic E-state index is 10.2. The molecule has 3 nitrogen and oxygen atoms in total. The molecular weight excluding hydrogens is 560 g/mol. The van der Waals surface area contributed by atoms with Gasteiger partial charge in [-0.05, 0) is 82.4 Å². The quantitative estimate of drug-likeness (QED) is 0.206. The fraction of sp³-hybridized carbons (Fsp3) is 0. The highest BCUT2D eigenvalue weighted by Gasteiger charge is 2.18. The van der Waals surface area contributed by atoms with Gasteiger partial charge >= 0.3 is 0 Å². The third kappa shape index (κ3) is 4.13. The zero-order valence-electron chi connectivity index (χ0n) is 24.8. The first-order valence-corrected chi connectivity index (χ1v) is 15.4. The molecule has 7 aromatic carbocycles. The number of aromatic nitrogens is 1. The molecule has 0 aliphatic heterocycles. The maximum Gasteiger partial charge on any atom is 0.143 e. The monoisotopic (exact) mass is 586 g/mol. The minimum Gasteiger partial charge on any atom is -0.455 e. The maximum atomic E-state index is 10.2. The largest absolute Gasteiger partial charge is 0.455 e. The summed E-state index contributed by atoms with van der Waals surface area (Å²) < 4.78 is 8.81. The van der Waals surface area contributed by atoms with E-state index in [2.05, 4.69) is 138 Å². The fourth-order valence-corrected chi connectivity index (χ4v) is 6.88. The van der Waals surface area contributed by atoms with Crippen LogP contribution < -0.4 is 0 Å². The molecule has 0 amide bonds. The van der Waals surface area contributed by atoms with Crippen LogP contribution in [0, 0.1) is 11.3 Å². The van der Waals surface area contributed by atoms with Crippen LogP contribution in [0.15, 0.2) is 162 Å². The summed E-state index contributed by atoms with van der Waals surface area (Å²) in [5, 5.41) is 14.7. The summed E-state index contributed by atoms with van der Waals surface area (Å²) in [6.07, 6.45) is 0. The molecule has 0 saturated heterocycles. The van der Waals surface area contributed by atoms with Gasteiger partial charge in [0.15, 0.2) is 0 Å². The average molecular weight is 587 g/mol. The number of rotatable bonds is 4. The summed E-state index contributed by atoms with van der Waals surface area (Å²) in [6, 6.07) is 57.2. The van der Waals surface area contributed by atoms with E-state index in [0.29, 0.717) is 5.56 Å². The molecule has 9 rings (SSSR count). The van der Waals surface area contributed by atoms with E-state index in [1.165, 1.54) is 16.3 Å². The van der Waals surface area contributed by atoms with Crippen molar-refractivity contribution >= 4 is 43.7 Å². The van der Waals surface area contributed by atoms with Gasteiger partial charge in [0.1, 0.15) is 11.2 Å². The summed E-state index contributed by atoms with van der Waals surface area (Å²) >= 11 is 0. The van der Waals surface area contributed by atoms with Gasteiger partial charge in [-0.2, -0.15) is 5.26 Å². The Morgan fingerprint density at radius 2 is 1.09 bits per heavy atom. The molecule has 214 valence electrons. The number of hydrogen-bond donors (Lipinski definition) is 0. The van der Waals surface area contributed by atoms with Crippen LogP contribution in [0.5, 0.6) is 0 Å². The Kier molecular flexibility index (Phi) is 5.88. The highest BCUT2D eigenvalue weighted by molar-refractivity contribution is 6.12. The smallest absolute Gasteiger partial charge is 0.143 e. The number of hydrogen-bond acceptors (Lipinski definition) is 2. The highest BCUT2D eigenvalue weighted by Crippen LogP contribution is 2.41. The van der Waals surface area contributed by atoms with Crippen LogP contribution in [0.2, 0.25) is 0 Å². The van der Waals surface area contributed by atoms with Crippen molar-refractivity contribution in [1.82, 2.24) is 4.57 Å². The van der Waals surface area contributed by atoms with E-state index < -0.39 is 0 Å². The van der Waals surface area contributed by atoms with Gasteiger partial charge in [0.25, 0.3) is 0 Å². The molecular formula is C43H26N2O. The predicted molar refractivity (Wildman–Crippen MR) is 189 cm³/mol. The summed E-state index contributed by atoms with van der Waals surface area (Å²) in [5.74, 6) is 0. The first-order valence-electron chi connectivity index (χ1n) is 15.4. The van der Waals surface area contributed by atoms with Gasteiger partial charge in [0, 0.05) is 32.8 Å². The minimum absolute atomic E-state index is 0.610. The molecule has 0 aliphatic rings. The zero-order chi connectivity index (χ0) is 30.6. The molecule has 0 atom stereocenters. The lowest BCUT2D eigenvalue weighted by Crippen LogP contribution is -1.96. The van der Waals surface area contributed by atoms with Crippen LogP contribution in [0.3, 0.4) is 0 Å². The summed E-state index contributed by atoms with van der Waals surface area (Å²) in [7, 11) is 0. The number of nitrogens with zero attached hydrogens (tertiary/aromatic N) is 2.